The van der Waals surface area contributed by atoms with E-state index in [0.29, 0.717) is 19.8 Å². The van der Waals surface area contributed by atoms with Gasteiger partial charge < -0.3 is 20.1 Å². The van der Waals surface area contributed by atoms with E-state index in [9.17, 15) is 23.3 Å². The van der Waals surface area contributed by atoms with Gasteiger partial charge in [-0.1, -0.05) is 12.8 Å². The minimum atomic E-state index is -4.72. The number of rotatable bonds is 10. The molecule has 192 valence electrons. The fourth-order valence-electron chi connectivity index (χ4n) is 4.57. The molecule has 0 amide bonds. The van der Waals surface area contributed by atoms with E-state index in [0.717, 1.165) is 31.7 Å². The molecule has 0 saturated heterocycles. The first-order chi connectivity index (χ1) is 16.5. The van der Waals surface area contributed by atoms with Crippen LogP contribution in [0.2, 0.25) is 0 Å². The van der Waals surface area contributed by atoms with Crippen molar-refractivity contribution in [1.29, 1.82) is 0 Å². The second-order valence-electron chi connectivity index (χ2n) is 8.73. The van der Waals surface area contributed by atoms with Crippen LogP contribution in [0.15, 0.2) is 18.2 Å². The van der Waals surface area contributed by atoms with E-state index in [2.05, 4.69) is 9.97 Å². The zero-order valence-corrected chi connectivity index (χ0v) is 20.0. The van der Waals surface area contributed by atoms with Crippen LogP contribution in [0.3, 0.4) is 0 Å². The van der Waals surface area contributed by atoms with E-state index in [1.54, 1.807) is 18.9 Å². The zero-order chi connectivity index (χ0) is 25.8. The average molecular weight is 498 g/mol. The summed E-state index contributed by atoms with van der Waals surface area (Å²) in [5.41, 5.74) is 4.49. The molecule has 0 atom stereocenters. The number of nitrogens with two attached hydrogens (primary N) is 1. The fraction of sp³-hybridized carbons (Fsp3) is 0.565. The summed E-state index contributed by atoms with van der Waals surface area (Å²) in [6.07, 6.45) is -0.832. The molecular weight excluding hydrogens is 467 g/mol. The maximum atomic E-state index is 13.5. The molecule has 0 radical (unpaired) electrons. The van der Waals surface area contributed by atoms with E-state index in [1.807, 2.05) is 6.92 Å². The lowest BCUT2D eigenvalue weighted by molar-refractivity contribution is -0.383. The van der Waals surface area contributed by atoms with Gasteiger partial charge in [0, 0.05) is 37.2 Å². The van der Waals surface area contributed by atoms with Crippen LogP contribution in [0.1, 0.15) is 45.2 Å². The molecule has 0 unspecified atom stereocenters. The SMILES string of the molecule is CCOCC1(CN(C)c2cc(-c3cc(OCC)nc(C(F)(F)F)c3)nc(N)c2[N+](=O)[O-])CCCC1. The van der Waals surface area contributed by atoms with E-state index in [-0.39, 0.29) is 40.7 Å². The van der Waals surface area contributed by atoms with Crippen LogP contribution in [0, 0.1) is 15.5 Å². The molecule has 3 rings (SSSR count). The van der Waals surface area contributed by atoms with Crippen molar-refractivity contribution >= 4 is 17.2 Å². The highest BCUT2D eigenvalue weighted by atomic mass is 19.4. The molecule has 1 aliphatic rings. The maximum Gasteiger partial charge on any atom is 0.433 e. The molecule has 2 heterocycles. The third-order valence-electron chi connectivity index (χ3n) is 6.12. The number of ether oxygens (including phenoxy) is 2. The van der Waals surface area contributed by atoms with Gasteiger partial charge in [0.05, 0.1) is 23.8 Å². The Morgan fingerprint density at radius 2 is 1.86 bits per heavy atom. The van der Waals surface area contributed by atoms with Gasteiger partial charge in [0.1, 0.15) is 11.4 Å². The lowest BCUT2D eigenvalue weighted by Crippen LogP contribution is -2.37. The van der Waals surface area contributed by atoms with Gasteiger partial charge in [0.25, 0.3) is 0 Å². The smallest absolute Gasteiger partial charge is 0.433 e. The number of halogens is 3. The van der Waals surface area contributed by atoms with Crippen LogP contribution in [0.4, 0.5) is 30.4 Å². The number of aromatic nitrogens is 2. The highest BCUT2D eigenvalue weighted by molar-refractivity contribution is 5.79. The Kier molecular flexibility index (Phi) is 8.04. The first-order valence-electron chi connectivity index (χ1n) is 11.5. The normalized spacial score (nSPS) is 15.3. The number of nitrogens with zero attached hydrogens (tertiary/aromatic N) is 4. The van der Waals surface area contributed by atoms with Crippen molar-refractivity contribution in [3.8, 4) is 17.1 Å². The molecule has 12 heteroatoms. The minimum Gasteiger partial charge on any atom is -0.478 e. The standard InChI is InChI=1S/C23H30F3N5O4/c1-4-34-14-22(8-6-7-9-22)13-30(3)17-12-16(28-21(27)20(17)31(32)33)15-10-18(23(24,25)26)29-19(11-15)35-5-2/h10-12H,4-9,13-14H2,1-3H3,(H2,27,28). The number of pyridine rings is 2. The molecule has 0 aliphatic heterocycles. The summed E-state index contributed by atoms with van der Waals surface area (Å²) in [7, 11) is 1.71. The van der Waals surface area contributed by atoms with Gasteiger partial charge in [0.2, 0.25) is 11.7 Å². The van der Waals surface area contributed by atoms with Gasteiger partial charge in [0.15, 0.2) is 0 Å². The Bertz CT molecular complexity index is 1060. The number of nitrogen functional groups attached to an aromatic ring is 1. The number of hydrogen-bond acceptors (Lipinski definition) is 8. The first-order valence-corrected chi connectivity index (χ1v) is 11.5. The molecule has 0 bridgehead atoms. The molecule has 0 aromatic carbocycles. The van der Waals surface area contributed by atoms with Gasteiger partial charge in [-0.25, -0.2) is 9.97 Å². The van der Waals surface area contributed by atoms with E-state index in [1.165, 1.54) is 12.1 Å². The molecule has 2 aromatic heterocycles. The maximum absolute atomic E-state index is 13.5. The third-order valence-corrected chi connectivity index (χ3v) is 6.12. The summed E-state index contributed by atoms with van der Waals surface area (Å²) in [4.78, 5) is 20.5. The lowest BCUT2D eigenvalue weighted by atomic mass is 9.86. The second kappa shape index (κ2) is 10.6. The molecule has 2 aromatic rings. The van der Waals surface area contributed by atoms with Crippen molar-refractivity contribution in [3.05, 3.63) is 34.0 Å². The van der Waals surface area contributed by atoms with Crippen molar-refractivity contribution in [2.75, 3.05) is 44.0 Å². The third kappa shape index (κ3) is 6.11. The summed E-state index contributed by atoms with van der Waals surface area (Å²) in [6, 6.07) is 3.53. The average Bonchev–Trinajstić information content (AvgIpc) is 3.24. The van der Waals surface area contributed by atoms with Crippen LogP contribution in [0.25, 0.3) is 11.3 Å². The molecule has 35 heavy (non-hydrogen) atoms. The molecular formula is C23H30F3N5O4. The molecule has 1 fully saturated rings. The quantitative estimate of drug-likeness (QED) is 0.357. The number of hydrogen-bond donors (Lipinski definition) is 1. The van der Waals surface area contributed by atoms with Crippen LogP contribution in [-0.4, -0.2) is 48.3 Å². The monoisotopic (exact) mass is 497 g/mol. The minimum absolute atomic E-state index is 0.0388. The Labute approximate surface area is 201 Å². The number of alkyl halides is 3. The van der Waals surface area contributed by atoms with Gasteiger partial charge in [-0.3, -0.25) is 10.1 Å². The summed E-state index contributed by atoms with van der Waals surface area (Å²) < 4.78 is 51.3. The summed E-state index contributed by atoms with van der Waals surface area (Å²) in [5, 5.41) is 11.9. The van der Waals surface area contributed by atoms with E-state index >= 15 is 0 Å². The summed E-state index contributed by atoms with van der Waals surface area (Å²) in [5.74, 6) is -0.615. The highest BCUT2D eigenvalue weighted by Gasteiger charge is 2.37. The Morgan fingerprint density at radius 3 is 2.43 bits per heavy atom. The molecule has 0 spiro atoms. The van der Waals surface area contributed by atoms with Gasteiger partial charge in [-0.15, -0.1) is 0 Å². The number of nitro groups is 1. The summed E-state index contributed by atoms with van der Waals surface area (Å²) in [6.45, 7) is 5.19. The molecule has 9 nitrogen and oxygen atoms in total. The van der Waals surface area contributed by atoms with Crippen molar-refractivity contribution in [3.63, 3.8) is 0 Å². The van der Waals surface area contributed by atoms with Crippen molar-refractivity contribution < 1.29 is 27.6 Å². The van der Waals surface area contributed by atoms with Crippen molar-refractivity contribution in [2.24, 2.45) is 5.41 Å². The fourth-order valence-corrected chi connectivity index (χ4v) is 4.57. The molecule has 1 aliphatic carbocycles. The Balaban J connectivity index is 2.09. The topological polar surface area (TPSA) is 117 Å². The molecule has 2 N–H and O–H groups in total. The van der Waals surface area contributed by atoms with E-state index < -0.39 is 22.5 Å². The van der Waals surface area contributed by atoms with Crippen molar-refractivity contribution in [1.82, 2.24) is 9.97 Å². The zero-order valence-electron chi connectivity index (χ0n) is 20.0. The van der Waals surface area contributed by atoms with Crippen LogP contribution in [0.5, 0.6) is 5.88 Å². The van der Waals surface area contributed by atoms with E-state index in [4.69, 9.17) is 15.2 Å². The van der Waals surface area contributed by atoms with Gasteiger partial charge in [-0.05, 0) is 38.8 Å². The first kappa shape index (κ1) is 26.5. The Hall–Kier alpha value is -3.15. The van der Waals surface area contributed by atoms with Crippen LogP contribution >= 0.6 is 0 Å². The van der Waals surface area contributed by atoms with Crippen LogP contribution in [-0.2, 0) is 10.9 Å². The van der Waals surface area contributed by atoms with Crippen molar-refractivity contribution in [2.45, 2.75) is 45.7 Å². The lowest BCUT2D eigenvalue weighted by Gasteiger charge is -2.34. The number of anilines is 2. The highest BCUT2D eigenvalue weighted by Crippen LogP contribution is 2.43. The largest absolute Gasteiger partial charge is 0.478 e. The molecule has 1 saturated carbocycles. The summed E-state index contributed by atoms with van der Waals surface area (Å²) >= 11 is 0. The predicted octanol–water partition coefficient (Wildman–Crippen LogP) is 5.08. The van der Waals surface area contributed by atoms with Gasteiger partial charge in [-0.2, -0.15) is 13.2 Å². The Morgan fingerprint density at radius 1 is 1.17 bits per heavy atom. The van der Waals surface area contributed by atoms with Gasteiger partial charge >= 0.3 is 11.9 Å². The predicted molar refractivity (Wildman–Crippen MR) is 125 cm³/mol. The second-order valence-corrected chi connectivity index (χ2v) is 8.73. The van der Waals surface area contributed by atoms with Crippen LogP contribution < -0.4 is 15.4 Å².